The van der Waals surface area contributed by atoms with Gasteiger partial charge in [0.25, 0.3) is 5.91 Å². The lowest BCUT2D eigenvalue weighted by Gasteiger charge is -2.27. The van der Waals surface area contributed by atoms with E-state index >= 15 is 0 Å². The highest BCUT2D eigenvalue weighted by Crippen LogP contribution is 2.30. The van der Waals surface area contributed by atoms with Gasteiger partial charge in [0.15, 0.2) is 0 Å². The molecular formula is C16H20N2O4. The van der Waals surface area contributed by atoms with Gasteiger partial charge in [0.1, 0.15) is 0 Å². The highest BCUT2D eigenvalue weighted by molar-refractivity contribution is 5.96. The summed E-state index contributed by atoms with van der Waals surface area (Å²) in [4.78, 5) is 35.2. The summed E-state index contributed by atoms with van der Waals surface area (Å²) in [5, 5.41) is 9.17. The van der Waals surface area contributed by atoms with Crippen LogP contribution < -0.4 is 10.9 Å². The Hall–Kier alpha value is -2.37. The summed E-state index contributed by atoms with van der Waals surface area (Å²) >= 11 is 0. The van der Waals surface area contributed by atoms with Gasteiger partial charge in [-0.3, -0.25) is 25.2 Å². The number of nitrogens with one attached hydrogen (secondary N) is 2. The van der Waals surface area contributed by atoms with Gasteiger partial charge in [-0.2, -0.15) is 0 Å². The predicted octanol–water partition coefficient (Wildman–Crippen LogP) is 1.65. The van der Waals surface area contributed by atoms with Crippen LogP contribution in [0.15, 0.2) is 24.3 Å². The molecule has 2 rings (SSSR count). The number of carboxylic acids is 1. The maximum Gasteiger partial charge on any atom is 0.307 e. The van der Waals surface area contributed by atoms with E-state index in [4.69, 9.17) is 0 Å². The van der Waals surface area contributed by atoms with Crippen LogP contribution >= 0.6 is 0 Å². The van der Waals surface area contributed by atoms with Gasteiger partial charge in [-0.05, 0) is 31.9 Å². The number of carboxylic acid groups (broad SMARTS) is 1. The molecule has 0 aromatic heterocycles. The van der Waals surface area contributed by atoms with Crippen molar-refractivity contribution in [3.05, 3.63) is 35.4 Å². The zero-order valence-corrected chi connectivity index (χ0v) is 12.5. The summed E-state index contributed by atoms with van der Waals surface area (Å²) < 4.78 is 0. The molecule has 118 valence electrons. The van der Waals surface area contributed by atoms with Gasteiger partial charge in [-0.1, -0.05) is 30.5 Å². The second-order valence-electron chi connectivity index (χ2n) is 5.65. The largest absolute Gasteiger partial charge is 0.481 e. The highest BCUT2D eigenvalue weighted by Gasteiger charge is 2.35. The molecule has 0 bridgehead atoms. The normalized spacial score (nSPS) is 21.0. The number of rotatable bonds is 3. The molecule has 2 atom stereocenters. The summed E-state index contributed by atoms with van der Waals surface area (Å²) in [6.45, 7) is 1.92. The van der Waals surface area contributed by atoms with Crippen molar-refractivity contribution < 1.29 is 19.5 Å². The molecule has 0 heterocycles. The Morgan fingerprint density at radius 3 is 2.18 bits per heavy atom. The number of hydrogen-bond acceptors (Lipinski definition) is 3. The maximum absolute atomic E-state index is 12.1. The molecule has 1 fully saturated rings. The second kappa shape index (κ2) is 7.06. The summed E-state index contributed by atoms with van der Waals surface area (Å²) in [6, 6.07) is 6.94. The number of hydrazine groups is 1. The van der Waals surface area contributed by atoms with Crippen LogP contribution in [-0.4, -0.2) is 22.9 Å². The third kappa shape index (κ3) is 3.84. The van der Waals surface area contributed by atoms with E-state index in [1.165, 1.54) is 0 Å². The van der Waals surface area contributed by atoms with E-state index in [0.29, 0.717) is 18.4 Å². The summed E-state index contributed by atoms with van der Waals surface area (Å²) in [7, 11) is 0. The molecular weight excluding hydrogens is 284 g/mol. The van der Waals surface area contributed by atoms with Crippen LogP contribution in [0.1, 0.15) is 41.6 Å². The lowest BCUT2D eigenvalue weighted by molar-refractivity contribution is -0.149. The fourth-order valence-electron chi connectivity index (χ4n) is 2.73. The summed E-state index contributed by atoms with van der Waals surface area (Å²) in [5.74, 6) is -3.08. The van der Waals surface area contributed by atoms with E-state index in [0.717, 1.165) is 18.4 Å². The van der Waals surface area contributed by atoms with Crippen molar-refractivity contribution in [2.75, 3.05) is 0 Å². The van der Waals surface area contributed by atoms with Crippen molar-refractivity contribution in [1.29, 1.82) is 0 Å². The number of carbonyl (C=O) groups excluding carboxylic acids is 2. The van der Waals surface area contributed by atoms with Crippen LogP contribution in [0, 0.1) is 18.8 Å². The van der Waals surface area contributed by atoms with Crippen LogP contribution in [0.25, 0.3) is 0 Å². The van der Waals surface area contributed by atoms with Gasteiger partial charge in [-0.15, -0.1) is 0 Å². The van der Waals surface area contributed by atoms with Gasteiger partial charge in [0.2, 0.25) is 5.91 Å². The first kappa shape index (κ1) is 16.0. The van der Waals surface area contributed by atoms with Crippen molar-refractivity contribution in [1.82, 2.24) is 10.9 Å². The second-order valence-corrected chi connectivity index (χ2v) is 5.65. The minimum atomic E-state index is -0.954. The molecule has 1 aliphatic rings. The third-order valence-corrected chi connectivity index (χ3v) is 4.03. The molecule has 22 heavy (non-hydrogen) atoms. The maximum atomic E-state index is 12.1. The average Bonchev–Trinajstić information content (AvgIpc) is 2.53. The lowest BCUT2D eigenvalue weighted by atomic mass is 9.79. The number of carbonyl (C=O) groups is 3. The molecule has 0 radical (unpaired) electrons. The van der Waals surface area contributed by atoms with Crippen LogP contribution in [0.3, 0.4) is 0 Å². The molecule has 0 saturated heterocycles. The minimum Gasteiger partial charge on any atom is -0.481 e. The lowest BCUT2D eigenvalue weighted by Crippen LogP contribution is -2.47. The number of amides is 2. The fraction of sp³-hybridized carbons (Fsp3) is 0.438. The Morgan fingerprint density at radius 2 is 1.59 bits per heavy atom. The van der Waals surface area contributed by atoms with Gasteiger partial charge in [0.05, 0.1) is 11.8 Å². The number of aryl methyl sites for hydroxylation is 1. The Labute approximate surface area is 128 Å². The van der Waals surface area contributed by atoms with E-state index in [2.05, 4.69) is 10.9 Å². The van der Waals surface area contributed by atoms with Gasteiger partial charge >= 0.3 is 5.97 Å². The standard InChI is InChI=1S/C16H20N2O4/c1-10-6-8-11(9-7-10)14(19)17-18-15(20)12-4-2-3-5-13(12)16(21)22/h6-9,12-13H,2-5H2,1H3,(H,17,19)(H,18,20)(H,21,22)/t12-,13-/m1/s1. The van der Waals surface area contributed by atoms with Gasteiger partial charge < -0.3 is 5.11 Å². The number of benzene rings is 1. The van der Waals surface area contributed by atoms with Crippen molar-refractivity contribution in [2.24, 2.45) is 11.8 Å². The van der Waals surface area contributed by atoms with E-state index in [1.54, 1.807) is 24.3 Å². The Morgan fingerprint density at radius 1 is 1.00 bits per heavy atom. The van der Waals surface area contributed by atoms with E-state index in [9.17, 15) is 19.5 Å². The third-order valence-electron chi connectivity index (χ3n) is 4.03. The van der Waals surface area contributed by atoms with Crippen LogP contribution in [-0.2, 0) is 9.59 Å². The van der Waals surface area contributed by atoms with E-state index in [1.807, 2.05) is 6.92 Å². The molecule has 1 saturated carbocycles. The monoisotopic (exact) mass is 304 g/mol. The Bertz CT molecular complexity index is 568. The first-order valence-electron chi connectivity index (χ1n) is 7.38. The molecule has 1 aromatic carbocycles. The van der Waals surface area contributed by atoms with Crippen LogP contribution in [0.5, 0.6) is 0 Å². The molecule has 6 nitrogen and oxygen atoms in total. The molecule has 1 aliphatic carbocycles. The number of aliphatic carboxylic acids is 1. The quantitative estimate of drug-likeness (QED) is 0.740. The molecule has 0 aliphatic heterocycles. The van der Waals surface area contributed by atoms with Gasteiger partial charge in [-0.25, -0.2) is 0 Å². The summed E-state index contributed by atoms with van der Waals surface area (Å²) in [6.07, 6.45) is 2.67. The van der Waals surface area contributed by atoms with E-state index < -0.39 is 29.6 Å². The SMILES string of the molecule is Cc1ccc(C(=O)NNC(=O)[C@@H]2CCCC[C@H]2C(=O)O)cc1. The summed E-state index contributed by atoms with van der Waals surface area (Å²) in [5.41, 5.74) is 6.16. The molecule has 0 unspecified atom stereocenters. The fourth-order valence-corrected chi connectivity index (χ4v) is 2.73. The Kier molecular flexibility index (Phi) is 5.14. The first-order chi connectivity index (χ1) is 10.5. The molecule has 1 aromatic rings. The minimum absolute atomic E-state index is 0.420. The number of hydrogen-bond donors (Lipinski definition) is 3. The van der Waals surface area contributed by atoms with E-state index in [-0.39, 0.29) is 0 Å². The highest BCUT2D eigenvalue weighted by atomic mass is 16.4. The van der Waals surface area contributed by atoms with Crippen molar-refractivity contribution in [3.8, 4) is 0 Å². The molecule has 2 amide bonds. The average molecular weight is 304 g/mol. The molecule has 3 N–H and O–H groups in total. The van der Waals surface area contributed by atoms with Crippen LogP contribution in [0.4, 0.5) is 0 Å². The van der Waals surface area contributed by atoms with Crippen molar-refractivity contribution >= 4 is 17.8 Å². The molecule has 0 spiro atoms. The molecule has 6 heteroatoms. The smallest absolute Gasteiger partial charge is 0.307 e. The zero-order valence-electron chi connectivity index (χ0n) is 12.5. The van der Waals surface area contributed by atoms with Crippen LogP contribution in [0.2, 0.25) is 0 Å². The predicted molar refractivity (Wildman–Crippen MR) is 79.9 cm³/mol. The first-order valence-corrected chi connectivity index (χ1v) is 7.38. The Balaban J connectivity index is 1.92. The topological polar surface area (TPSA) is 95.5 Å². The zero-order chi connectivity index (χ0) is 16.1. The van der Waals surface area contributed by atoms with Gasteiger partial charge in [0, 0.05) is 5.56 Å². The van der Waals surface area contributed by atoms with Crippen molar-refractivity contribution in [2.45, 2.75) is 32.6 Å². The van der Waals surface area contributed by atoms with Crippen molar-refractivity contribution in [3.63, 3.8) is 0 Å².